The molecule has 1 heterocycles. The van der Waals surface area contributed by atoms with Gasteiger partial charge in [-0.05, 0) is 37.0 Å². The van der Waals surface area contributed by atoms with Gasteiger partial charge in [0, 0.05) is 18.3 Å². The highest BCUT2D eigenvalue weighted by Gasteiger charge is 2.08. The lowest BCUT2D eigenvalue weighted by Crippen LogP contribution is -2.26. The number of aryl methyl sites for hydroxylation is 1. The summed E-state index contributed by atoms with van der Waals surface area (Å²) in [5, 5.41) is 6.06. The number of nitrogens with zero attached hydrogens (tertiary/aromatic N) is 2. The molecule has 0 aliphatic rings. The van der Waals surface area contributed by atoms with Crippen molar-refractivity contribution >= 4 is 17.4 Å². The number of rotatable bonds is 6. The van der Waals surface area contributed by atoms with Crippen molar-refractivity contribution in [2.45, 2.75) is 27.2 Å². The lowest BCUT2D eigenvalue weighted by molar-refractivity contribution is 0.0947. The topological polar surface area (TPSA) is 66.9 Å². The van der Waals surface area contributed by atoms with Gasteiger partial charge in [0.05, 0.1) is 0 Å². The molecule has 1 amide bonds. The minimum Gasteiger partial charge on any atom is -0.351 e. The van der Waals surface area contributed by atoms with Crippen molar-refractivity contribution in [1.29, 1.82) is 0 Å². The molecular formula is C17H22N4O. The minimum absolute atomic E-state index is 0.171. The van der Waals surface area contributed by atoms with Gasteiger partial charge in [-0.2, -0.15) is 0 Å². The third kappa shape index (κ3) is 4.84. The maximum atomic E-state index is 12.1. The van der Waals surface area contributed by atoms with Crippen LogP contribution in [0.3, 0.4) is 0 Å². The van der Waals surface area contributed by atoms with E-state index < -0.39 is 0 Å². The van der Waals surface area contributed by atoms with Gasteiger partial charge in [0.25, 0.3) is 5.91 Å². The molecule has 0 fully saturated rings. The molecule has 0 aliphatic carbocycles. The number of carbonyl (C=O) groups is 1. The fourth-order valence-corrected chi connectivity index (χ4v) is 1.99. The van der Waals surface area contributed by atoms with Crippen molar-refractivity contribution < 1.29 is 4.79 Å². The molecule has 0 atom stereocenters. The summed E-state index contributed by atoms with van der Waals surface area (Å²) < 4.78 is 0. The fraction of sp³-hybridized carbons (Fsp3) is 0.353. The van der Waals surface area contributed by atoms with Gasteiger partial charge in [-0.1, -0.05) is 26.0 Å². The van der Waals surface area contributed by atoms with Gasteiger partial charge in [-0.15, -0.1) is 0 Å². The average Bonchev–Trinajstić information content (AvgIpc) is 2.47. The van der Waals surface area contributed by atoms with Crippen LogP contribution in [0.1, 0.15) is 36.3 Å². The molecule has 0 bridgehead atoms. The molecule has 2 rings (SSSR count). The van der Waals surface area contributed by atoms with Crippen LogP contribution in [0.5, 0.6) is 0 Å². The van der Waals surface area contributed by atoms with Crippen LogP contribution in [0.4, 0.5) is 11.5 Å². The van der Waals surface area contributed by atoms with Gasteiger partial charge < -0.3 is 10.6 Å². The number of hydrogen-bond donors (Lipinski definition) is 2. The Morgan fingerprint density at radius 3 is 2.77 bits per heavy atom. The van der Waals surface area contributed by atoms with Crippen LogP contribution in [0.25, 0.3) is 0 Å². The summed E-state index contributed by atoms with van der Waals surface area (Å²) in [5.41, 5.74) is 2.46. The maximum absolute atomic E-state index is 12.1. The van der Waals surface area contributed by atoms with E-state index >= 15 is 0 Å². The highest BCUT2D eigenvalue weighted by atomic mass is 16.1. The first-order valence-corrected chi connectivity index (χ1v) is 7.48. The molecule has 1 aromatic carbocycles. The molecule has 5 heteroatoms. The Bertz CT molecular complexity index is 640. The molecule has 0 unspecified atom stereocenters. The number of hydrogen-bond acceptors (Lipinski definition) is 4. The SMILES string of the molecule is Cc1cccc(Nc2cc(C(=O)NCCC(C)C)ncn2)c1. The molecular weight excluding hydrogens is 276 g/mol. The molecule has 0 radical (unpaired) electrons. The molecule has 2 aromatic rings. The number of anilines is 2. The van der Waals surface area contributed by atoms with E-state index in [1.54, 1.807) is 6.07 Å². The zero-order chi connectivity index (χ0) is 15.9. The molecule has 0 spiro atoms. The summed E-state index contributed by atoms with van der Waals surface area (Å²) in [7, 11) is 0. The highest BCUT2D eigenvalue weighted by Crippen LogP contribution is 2.15. The van der Waals surface area contributed by atoms with E-state index in [-0.39, 0.29) is 5.91 Å². The molecule has 0 aliphatic heterocycles. The van der Waals surface area contributed by atoms with E-state index in [2.05, 4.69) is 34.4 Å². The third-order valence-electron chi connectivity index (χ3n) is 3.20. The Labute approximate surface area is 131 Å². The zero-order valence-corrected chi connectivity index (χ0v) is 13.3. The van der Waals surface area contributed by atoms with Crippen molar-refractivity contribution in [2.24, 2.45) is 5.92 Å². The van der Waals surface area contributed by atoms with Gasteiger partial charge >= 0.3 is 0 Å². The summed E-state index contributed by atoms with van der Waals surface area (Å²) in [6, 6.07) is 9.63. The number of nitrogens with one attached hydrogen (secondary N) is 2. The summed E-state index contributed by atoms with van der Waals surface area (Å²) in [6.07, 6.45) is 2.35. The Balaban J connectivity index is 2.01. The van der Waals surface area contributed by atoms with Crippen molar-refractivity contribution in [1.82, 2.24) is 15.3 Å². The Morgan fingerprint density at radius 1 is 1.23 bits per heavy atom. The lowest BCUT2D eigenvalue weighted by atomic mass is 10.1. The van der Waals surface area contributed by atoms with Gasteiger partial charge in [-0.3, -0.25) is 4.79 Å². The molecule has 1 aromatic heterocycles. The molecule has 0 saturated carbocycles. The summed E-state index contributed by atoms with van der Waals surface area (Å²) in [5.74, 6) is 0.995. The molecule has 2 N–H and O–H groups in total. The Hall–Kier alpha value is -2.43. The van der Waals surface area contributed by atoms with E-state index in [0.29, 0.717) is 24.0 Å². The monoisotopic (exact) mass is 298 g/mol. The standard InChI is InChI=1S/C17H22N4O/c1-12(2)7-8-18-17(22)15-10-16(20-11-19-15)21-14-6-4-5-13(3)9-14/h4-6,9-12H,7-8H2,1-3H3,(H,18,22)(H,19,20,21). The minimum atomic E-state index is -0.171. The number of aromatic nitrogens is 2. The number of benzene rings is 1. The predicted octanol–water partition coefficient (Wildman–Crippen LogP) is 3.30. The second kappa shape index (κ2) is 7.54. The second-order valence-electron chi connectivity index (χ2n) is 5.72. The van der Waals surface area contributed by atoms with Crippen LogP contribution in [-0.2, 0) is 0 Å². The normalized spacial score (nSPS) is 10.5. The largest absolute Gasteiger partial charge is 0.351 e. The van der Waals surface area contributed by atoms with Gasteiger partial charge in [0.15, 0.2) is 0 Å². The van der Waals surface area contributed by atoms with Crippen molar-refractivity contribution in [3.63, 3.8) is 0 Å². The molecule has 116 valence electrons. The van der Waals surface area contributed by atoms with Gasteiger partial charge in [0.2, 0.25) is 0 Å². The third-order valence-corrected chi connectivity index (χ3v) is 3.20. The first kappa shape index (κ1) is 15.9. The smallest absolute Gasteiger partial charge is 0.270 e. The highest BCUT2D eigenvalue weighted by molar-refractivity contribution is 5.92. The van der Waals surface area contributed by atoms with E-state index in [1.165, 1.54) is 6.33 Å². The van der Waals surface area contributed by atoms with E-state index in [4.69, 9.17) is 0 Å². The zero-order valence-electron chi connectivity index (χ0n) is 13.3. The van der Waals surface area contributed by atoms with E-state index in [1.807, 2.05) is 31.2 Å². The van der Waals surface area contributed by atoms with Crippen LogP contribution in [0, 0.1) is 12.8 Å². The first-order valence-electron chi connectivity index (χ1n) is 7.48. The van der Waals surface area contributed by atoms with E-state index in [0.717, 1.165) is 17.7 Å². The number of carbonyl (C=O) groups excluding carboxylic acids is 1. The van der Waals surface area contributed by atoms with Crippen LogP contribution in [0.15, 0.2) is 36.7 Å². The fourth-order valence-electron chi connectivity index (χ4n) is 1.99. The molecule has 22 heavy (non-hydrogen) atoms. The Morgan fingerprint density at radius 2 is 2.05 bits per heavy atom. The van der Waals surface area contributed by atoms with Crippen molar-refractivity contribution in [3.8, 4) is 0 Å². The first-order chi connectivity index (χ1) is 10.5. The van der Waals surface area contributed by atoms with Gasteiger partial charge in [-0.25, -0.2) is 9.97 Å². The van der Waals surface area contributed by atoms with Crippen LogP contribution in [-0.4, -0.2) is 22.4 Å². The summed E-state index contributed by atoms with van der Waals surface area (Å²) in [6.45, 7) is 6.93. The summed E-state index contributed by atoms with van der Waals surface area (Å²) >= 11 is 0. The van der Waals surface area contributed by atoms with Crippen LogP contribution < -0.4 is 10.6 Å². The van der Waals surface area contributed by atoms with Gasteiger partial charge in [0.1, 0.15) is 17.8 Å². The Kier molecular flexibility index (Phi) is 5.47. The lowest BCUT2D eigenvalue weighted by Gasteiger charge is -2.09. The summed E-state index contributed by atoms with van der Waals surface area (Å²) in [4.78, 5) is 20.2. The maximum Gasteiger partial charge on any atom is 0.270 e. The van der Waals surface area contributed by atoms with Crippen LogP contribution >= 0.6 is 0 Å². The molecule has 5 nitrogen and oxygen atoms in total. The van der Waals surface area contributed by atoms with Crippen LogP contribution in [0.2, 0.25) is 0 Å². The quantitative estimate of drug-likeness (QED) is 0.858. The van der Waals surface area contributed by atoms with E-state index in [9.17, 15) is 4.79 Å². The van der Waals surface area contributed by atoms with Crippen molar-refractivity contribution in [2.75, 3.05) is 11.9 Å². The molecule has 0 saturated heterocycles. The average molecular weight is 298 g/mol. The second-order valence-corrected chi connectivity index (χ2v) is 5.72. The number of amides is 1. The predicted molar refractivity (Wildman–Crippen MR) is 88.3 cm³/mol. The van der Waals surface area contributed by atoms with Crippen molar-refractivity contribution in [3.05, 3.63) is 47.9 Å².